The number of carbonyl (C=O) groups is 2. The molecule has 3 amide bonds. The van der Waals surface area contributed by atoms with Crippen LogP contribution in [-0.2, 0) is 26.7 Å². The molecule has 3 rings (SSSR count). The van der Waals surface area contributed by atoms with Gasteiger partial charge in [0.2, 0.25) is 0 Å². The van der Waals surface area contributed by atoms with Crippen LogP contribution in [0.5, 0.6) is 0 Å². The summed E-state index contributed by atoms with van der Waals surface area (Å²) < 4.78 is 23.3. The maximum Gasteiger partial charge on any atom is 0.325 e. The second kappa shape index (κ2) is 7.10. The van der Waals surface area contributed by atoms with E-state index in [0.29, 0.717) is 5.56 Å². The van der Waals surface area contributed by atoms with Crippen LogP contribution in [0.15, 0.2) is 53.4 Å². The van der Waals surface area contributed by atoms with E-state index in [0.717, 1.165) is 11.8 Å². The fraction of sp³-hybridized carbons (Fsp3) is 0.333. The van der Waals surface area contributed by atoms with Crippen LogP contribution in [0.3, 0.4) is 0 Å². The maximum atomic E-state index is 13.1. The van der Waals surface area contributed by atoms with Crippen LogP contribution in [0.4, 0.5) is 4.79 Å². The molecule has 2 aromatic rings. The first-order valence-electron chi connectivity index (χ1n) is 9.36. The molecule has 0 radical (unpaired) electrons. The van der Waals surface area contributed by atoms with Gasteiger partial charge in [-0.3, -0.25) is 9.69 Å². The summed E-state index contributed by atoms with van der Waals surface area (Å²) in [6.45, 7) is 8.62. The van der Waals surface area contributed by atoms with Crippen LogP contribution in [-0.4, -0.2) is 39.6 Å². The summed E-state index contributed by atoms with van der Waals surface area (Å²) in [5.74, 6) is -0.358. The molecular weight excluding hydrogens is 404 g/mol. The second-order valence-corrected chi connectivity index (χ2v) is 15.8. The lowest BCUT2D eigenvalue weighted by Gasteiger charge is -2.22. The van der Waals surface area contributed by atoms with E-state index in [-0.39, 0.29) is 17.3 Å². The number of rotatable bonds is 5. The Morgan fingerprint density at radius 3 is 2.00 bits per heavy atom. The van der Waals surface area contributed by atoms with Crippen molar-refractivity contribution in [1.29, 1.82) is 0 Å². The van der Waals surface area contributed by atoms with Crippen LogP contribution in [0.1, 0.15) is 18.1 Å². The van der Waals surface area contributed by atoms with Crippen molar-refractivity contribution in [3.05, 3.63) is 59.7 Å². The molecule has 1 fully saturated rings. The standard InChI is InChI=1S/C21H26N2O4SSi/c1-21(16-8-10-17(11-9-16)28(2,26)27)19(24)23(20(25)22-21)14-15-6-12-18(13-7-15)29(3,4)5/h6-13H,14H2,1-5H3,(H,22,25)/t21-/m1/s1. The van der Waals surface area contributed by atoms with E-state index in [4.69, 9.17) is 0 Å². The lowest BCUT2D eigenvalue weighted by Crippen LogP contribution is -2.40. The topological polar surface area (TPSA) is 83.6 Å². The molecule has 1 N–H and O–H groups in total. The van der Waals surface area contributed by atoms with E-state index in [9.17, 15) is 18.0 Å². The number of urea groups is 1. The van der Waals surface area contributed by atoms with Gasteiger partial charge in [0.05, 0.1) is 19.5 Å². The molecule has 0 aromatic heterocycles. The Hall–Kier alpha value is -2.45. The molecule has 0 unspecified atom stereocenters. The maximum absolute atomic E-state index is 13.1. The minimum absolute atomic E-state index is 0.168. The summed E-state index contributed by atoms with van der Waals surface area (Å²) in [6, 6.07) is 13.7. The van der Waals surface area contributed by atoms with Gasteiger partial charge in [-0.2, -0.15) is 0 Å². The van der Waals surface area contributed by atoms with Crippen molar-refractivity contribution < 1.29 is 18.0 Å². The molecule has 1 aliphatic rings. The third kappa shape index (κ3) is 4.13. The van der Waals surface area contributed by atoms with Crippen LogP contribution < -0.4 is 10.5 Å². The molecule has 154 valence electrons. The molecule has 1 saturated heterocycles. The SMILES string of the molecule is C[C@]1(c2ccc(S(C)(=O)=O)cc2)NC(=O)N(Cc2ccc([Si](C)(C)C)cc2)C1=O. The number of benzene rings is 2. The number of imide groups is 1. The summed E-state index contributed by atoms with van der Waals surface area (Å²) in [7, 11) is -4.75. The zero-order valence-corrected chi connectivity index (χ0v) is 19.1. The van der Waals surface area contributed by atoms with Crippen LogP contribution >= 0.6 is 0 Å². The summed E-state index contributed by atoms with van der Waals surface area (Å²) in [5.41, 5.74) is 0.192. The van der Waals surface area contributed by atoms with Gasteiger partial charge in [0, 0.05) is 6.26 Å². The number of carbonyl (C=O) groups excluding carboxylic acids is 2. The normalized spacial score (nSPS) is 20.1. The minimum Gasteiger partial charge on any atom is -0.319 e. The van der Waals surface area contributed by atoms with Gasteiger partial charge >= 0.3 is 6.03 Å². The monoisotopic (exact) mass is 430 g/mol. The van der Waals surface area contributed by atoms with Crippen molar-refractivity contribution in [3.63, 3.8) is 0 Å². The van der Waals surface area contributed by atoms with Gasteiger partial charge in [-0.25, -0.2) is 13.2 Å². The lowest BCUT2D eigenvalue weighted by molar-refractivity contribution is -0.131. The predicted octanol–water partition coefficient (Wildman–Crippen LogP) is 2.60. The highest BCUT2D eigenvalue weighted by atomic mass is 32.2. The van der Waals surface area contributed by atoms with Gasteiger partial charge in [-0.1, -0.05) is 61.2 Å². The third-order valence-corrected chi connectivity index (χ3v) is 8.49. The number of nitrogens with zero attached hydrogens (tertiary/aromatic N) is 1. The number of hydrogen-bond donors (Lipinski definition) is 1. The highest BCUT2D eigenvalue weighted by Crippen LogP contribution is 2.30. The largest absolute Gasteiger partial charge is 0.325 e. The van der Waals surface area contributed by atoms with Gasteiger partial charge in [-0.15, -0.1) is 0 Å². The molecule has 1 atom stereocenters. The molecule has 1 heterocycles. The predicted molar refractivity (Wildman–Crippen MR) is 115 cm³/mol. The molecule has 0 spiro atoms. The van der Waals surface area contributed by atoms with Crippen molar-refractivity contribution in [1.82, 2.24) is 10.2 Å². The molecule has 6 nitrogen and oxygen atoms in total. The van der Waals surface area contributed by atoms with E-state index in [1.54, 1.807) is 19.1 Å². The summed E-state index contributed by atoms with van der Waals surface area (Å²) >= 11 is 0. The number of sulfone groups is 1. The van der Waals surface area contributed by atoms with Gasteiger partial charge in [-0.05, 0) is 30.2 Å². The summed E-state index contributed by atoms with van der Waals surface area (Å²) in [6.07, 6.45) is 1.13. The first-order chi connectivity index (χ1) is 13.3. The zero-order chi connectivity index (χ0) is 21.6. The Morgan fingerprint density at radius 1 is 0.966 bits per heavy atom. The first kappa shape index (κ1) is 21.3. The van der Waals surface area contributed by atoms with Crippen molar-refractivity contribution in [2.24, 2.45) is 0 Å². The van der Waals surface area contributed by atoms with E-state index in [2.05, 4.69) is 37.1 Å². The molecule has 1 aliphatic heterocycles. The zero-order valence-electron chi connectivity index (χ0n) is 17.3. The average molecular weight is 431 g/mol. The van der Waals surface area contributed by atoms with Crippen LogP contribution in [0.2, 0.25) is 19.6 Å². The Kier molecular flexibility index (Phi) is 5.21. The molecular formula is C21H26N2O4SSi. The van der Waals surface area contributed by atoms with E-state index >= 15 is 0 Å². The summed E-state index contributed by atoms with van der Waals surface area (Å²) in [4.78, 5) is 27.0. The van der Waals surface area contributed by atoms with E-state index < -0.39 is 29.5 Å². The van der Waals surface area contributed by atoms with Crippen molar-refractivity contribution >= 4 is 35.0 Å². The fourth-order valence-corrected chi connectivity index (χ4v) is 5.16. The van der Waals surface area contributed by atoms with Crippen molar-refractivity contribution in [2.45, 2.75) is 43.5 Å². The van der Waals surface area contributed by atoms with Crippen LogP contribution in [0.25, 0.3) is 0 Å². The van der Waals surface area contributed by atoms with Crippen molar-refractivity contribution in [3.8, 4) is 0 Å². The minimum atomic E-state index is -3.33. The third-order valence-electron chi connectivity index (χ3n) is 5.30. The molecule has 0 aliphatic carbocycles. The Labute approximate surface area is 172 Å². The van der Waals surface area contributed by atoms with Gasteiger partial charge in [0.15, 0.2) is 9.84 Å². The highest BCUT2D eigenvalue weighted by molar-refractivity contribution is 7.90. The fourth-order valence-electron chi connectivity index (χ4n) is 3.36. The van der Waals surface area contributed by atoms with Crippen molar-refractivity contribution in [2.75, 3.05) is 6.26 Å². The molecule has 29 heavy (non-hydrogen) atoms. The Balaban J connectivity index is 1.83. The molecule has 8 heteroatoms. The molecule has 0 bridgehead atoms. The molecule has 0 saturated carbocycles. The van der Waals surface area contributed by atoms with E-state index in [1.807, 2.05) is 12.1 Å². The lowest BCUT2D eigenvalue weighted by atomic mass is 9.92. The Morgan fingerprint density at radius 2 is 1.52 bits per heavy atom. The Bertz CT molecular complexity index is 1060. The van der Waals surface area contributed by atoms with Gasteiger partial charge < -0.3 is 5.32 Å². The smallest absolute Gasteiger partial charge is 0.319 e. The number of hydrogen-bond acceptors (Lipinski definition) is 4. The second-order valence-electron chi connectivity index (χ2n) is 8.69. The van der Waals surface area contributed by atoms with Gasteiger partial charge in [0.25, 0.3) is 5.91 Å². The first-order valence-corrected chi connectivity index (χ1v) is 14.8. The quantitative estimate of drug-likeness (QED) is 0.584. The average Bonchev–Trinajstić information content (AvgIpc) is 2.85. The molecule has 2 aromatic carbocycles. The van der Waals surface area contributed by atoms with Gasteiger partial charge in [0.1, 0.15) is 5.54 Å². The number of nitrogens with one attached hydrogen (secondary N) is 1. The van der Waals surface area contributed by atoms with Crippen LogP contribution in [0, 0.1) is 0 Å². The highest BCUT2D eigenvalue weighted by Gasteiger charge is 2.48. The summed E-state index contributed by atoms with van der Waals surface area (Å²) in [5, 5.41) is 4.07. The number of amides is 3. The van der Waals surface area contributed by atoms with E-state index in [1.165, 1.54) is 22.2 Å².